The molecule has 0 aliphatic carbocycles. The number of rotatable bonds is 6. The van der Waals surface area contributed by atoms with Gasteiger partial charge in [-0.1, -0.05) is 18.6 Å². The molecule has 1 fully saturated rings. The van der Waals surface area contributed by atoms with Crippen LogP contribution < -0.4 is 9.47 Å². The van der Waals surface area contributed by atoms with Crippen LogP contribution in [0, 0.1) is 5.82 Å². The van der Waals surface area contributed by atoms with Crippen molar-refractivity contribution in [1.29, 1.82) is 0 Å². The molecule has 0 bridgehead atoms. The van der Waals surface area contributed by atoms with Gasteiger partial charge in [0.25, 0.3) is 5.91 Å². The molecule has 31 heavy (non-hydrogen) atoms. The summed E-state index contributed by atoms with van der Waals surface area (Å²) in [5.74, 6) is 0.984. The average molecular weight is 426 g/mol. The Morgan fingerprint density at radius 1 is 1.06 bits per heavy atom. The van der Waals surface area contributed by atoms with E-state index in [1.165, 1.54) is 18.6 Å². The highest BCUT2D eigenvalue weighted by Gasteiger charge is 2.34. The maximum atomic E-state index is 13.5. The lowest BCUT2D eigenvalue weighted by molar-refractivity contribution is -0.134. The summed E-state index contributed by atoms with van der Waals surface area (Å²) in [6, 6.07) is 11.6. The van der Waals surface area contributed by atoms with E-state index in [2.05, 4.69) is 4.90 Å². The Morgan fingerprint density at radius 2 is 1.81 bits per heavy atom. The normalized spacial score (nSPS) is 19.3. The second kappa shape index (κ2) is 9.47. The van der Waals surface area contributed by atoms with Gasteiger partial charge in [-0.25, -0.2) is 9.40 Å². The average Bonchev–Trinajstić information content (AvgIpc) is 3.25. The second-order valence-corrected chi connectivity index (χ2v) is 7.96. The molecule has 1 atom stereocenters. The minimum atomic E-state index is -0.300. The first-order chi connectivity index (χ1) is 15.1. The Kier molecular flexibility index (Phi) is 6.51. The van der Waals surface area contributed by atoms with Crippen LogP contribution in [0.25, 0.3) is 0 Å². The molecule has 2 aliphatic heterocycles. The van der Waals surface area contributed by atoms with E-state index < -0.39 is 0 Å². The summed E-state index contributed by atoms with van der Waals surface area (Å²) in [6.45, 7) is 2.21. The number of halogens is 1. The van der Waals surface area contributed by atoms with E-state index in [1.54, 1.807) is 31.4 Å². The van der Waals surface area contributed by atoms with Crippen LogP contribution >= 0.6 is 0 Å². The number of ether oxygens (including phenoxy) is 2. The van der Waals surface area contributed by atoms with Gasteiger partial charge >= 0.3 is 0 Å². The van der Waals surface area contributed by atoms with Crippen LogP contribution in [0.1, 0.15) is 42.9 Å². The first-order valence-corrected chi connectivity index (χ1v) is 10.7. The van der Waals surface area contributed by atoms with Gasteiger partial charge in [-0.2, -0.15) is 5.10 Å². The monoisotopic (exact) mass is 425 g/mol. The van der Waals surface area contributed by atoms with Crippen LogP contribution in [0.3, 0.4) is 0 Å². The Labute approximate surface area is 182 Å². The highest BCUT2D eigenvalue weighted by Crippen LogP contribution is 2.36. The Morgan fingerprint density at radius 3 is 2.48 bits per heavy atom. The molecule has 0 aromatic heterocycles. The quantitative estimate of drug-likeness (QED) is 0.702. The van der Waals surface area contributed by atoms with Gasteiger partial charge in [-0.3, -0.25) is 9.69 Å². The number of hydrazone groups is 1. The molecule has 0 radical (unpaired) electrons. The highest BCUT2D eigenvalue weighted by molar-refractivity contribution is 6.05. The van der Waals surface area contributed by atoms with E-state index in [1.807, 2.05) is 18.2 Å². The summed E-state index contributed by atoms with van der Waals surface area (Å²) in [7, 11) is 3.21. The third-order valence-corrected chi connectivity index (χ3v) is 5.95. The van der Waals surface area contributed by atoms with Crippen LogP contribution in [0.15, 0.2) is 47.6 Å². The van der Waals surface area contributed by atoms with E-state index >= 15 is 0 Å². The smallest absolute Gasteiger partial charge is 0.257 e. The van der Waals surface area contributed by atoms with Gasteiger partial charge in [0.2, 0.25) is 0 Å². The lowest BCUT2D eigenvalue weighted by atomic mass is 9.97. The van der Waals surface area contributed by atoms with Crippen LogP contribution in [-0.2, 0) is 4.79 Å². The van der Waals surface area contributed by atoms with Crippen LogP contribution in [-0.4, -0.2) is 55.4 Å². The number of methoxy groups -OCH3 is 2. The van der Waals surface area contributed by atoms with E-state index in [0.29, 0.717) is 24.5 Å². The molecule has 7 heteroatoms. The maximum Gasteiger partial charge on any atom is 0.257 e. The number of carbonyl (C=O) groups excluding carboxylic acids is 1. The molecular formula is C24H28FN3O3. The number of piperidine rings is 1. The van der Waals surface area contributed by atoms with Crippen molar-refractivity contribution < 1.29 is 18.7 Å². The molecule has 1 amide bonds. The SMILES string of the molecule is COc1ccc(C2=NN(C(=O)CN3CCCCC3)[C@H](c3ccc(F)cc3)C2)c(OC)c1. The van der Waals surface area contributed by atoms with Crippen molar-refractivity contribution in [2.75, 3.05) is 33.9 Å². The molecule has 4 rings (SSSR count). The van der Waals surface area contributed by atoms with Crippen molar-refractivity contribution >= 4 is 11.6 Å². The van der Waals surface area contributed by atoms with Crippen molar-refractivity contribution in [3.05, 3.63) is 59.4 Å². The molecule has 1 saturated heterocycles. The summed E-state index contributed by atoms with van der Waals surface area (Å²) < 4.78 is 24.4. The van der Waals surface area contributed by atoms with Gasteiger partial charge in [-0.05, 0) is 55.8 Å². The summed E-state index contributed by atoms with van der Waals surface area (Å²) in [4.78, 5) is 15.4. The first-order valence-electron chi connectivity index (χ1n) is 10.7. The predicted octanol–water partition coefficient (Wildman–Crippen LogP) is 4.01. The number of hydrogen-bond donors (Lipinski definition) is 0. The number of nitrogens with zero attached hydrogens (tertiary/aromatic N) is 3. The van der Waals surface area contributed by atoms with E-state index in [4.69, 9.17) is 14.6 Å². The summed E-state index contributed by atoms with van der Waals surface area (Å²) >= 11 is 0. The van der Waals surface area contributed by atoms with E-state index in [-0.39, 0.29) is 17.8 Å². The molecule has 164 valence electrons. The van der Waals surface area contributed by atoms with Gasteiger partial charge in [0.05, 0.1) is 32.5 Å². The molecular weight excluding hydrogens is 397 g/mol. The lowest BCUT2D eigenvalue weighted by Gasteiger charge is -2.29. The largest absolute Gasteiger partial charge is 0.497 e. The van der Waals surface area contributed by atoms with Crippen molar-refractivity contribution in [2.24, 2.45) is 5.10 Å². The van der Waals surface area contributed by atoms with Gasteiger partial charge in [0.1, 0.15) is 17.3 Å². The zero-order chi connectivity index (χ0) is 21.8. The van der Waals surface area contributed by atoms with Gasteiger partial charge < -0.3 is 9.47 Å². The number of likely N-dealkylation sites (tertiary alicyclic amines) is 1. The fourth-order valence-corrected chi connectivity index (χ4v) is 4.27. The minimum Gasteiger partial charge on any atom is -0.497 e. The first kappa shape index (κ1) is 21.3. The number of hydrogen-bond acceptors (Lipinski definition) is 5. The van der Waals surface area contributed by atoms with Crippen molar-refractivity contribution in [3.63, 3.8) is 0 Å². The number of benzene rings is 2. The molecule has 2 heterocycles. The Hall–Kier alpha value is -2.93. The summed E-state index contributed by atoms with van der Waals surface area (Å²) in [5.41, 5.74) is 2.45. The lowest BCUT2D eigenvalue weighted by Crippen LogP contribution is -2.40. The fraction of sp³-hybridized carbons (Fsp3) is 0.417. The molecule has 0 saturated carbocycles. The van der Waals surface area contributed by atoms with Crippen molar-refractivity contribution in [3.8, 4) is 11.5 Å². The van der Waals surface area contributed by atoms with Crippen LogP contribution in [0.4, 0.5) is 4.39 Å². The number of amides is 1. The topological polar surface area (TPSA) is 54.4 Å². The molecule has 0 spiro atoms. The maximum absolute atomic E-state index is 13.5. The summed E-state index contributed by atoms with van der Waals surface area (Å²) in [6.07, 6.45) is 3.98. The molecule has 6 nitrogen and oxygen atoms in total. The zero-order valence-corrected chi connectivity index (χ0v) is 18.0. The molecule has 2 aromatic carbocycles. The molecule has 2 aromatic rings. The molecule has 0 N–H and O–H groups in total. The van der Waals surface area contributed by atoms with E-state index in [9.17, 15) is 9.18 Å². The zero-order valence-electron chi connectivity index (χ0n) is 18.0. The second-order valence-electron chi connectivity index (χ2n) is 7.96. The molecule has 2 aliphatic rings. The Balaban J connectivity index is 1.64. The number of carbonyl (C=O) groups is 1. The third-order valence-electron chi connectivity index (χ3n) is 5.95. The van der Waals surface area contributed by atoms with Crippen molar-refractivity contribution in [2.45, 2.75) is 31.7 Å². The standard InChI is InChI=1S/C24H28FN3O3/c1-30-19-10-11-20(23(14-19)31-2)21-15-22(17-6-8-18(25)9-7-17)28(26-21)24(29)16-27-12-4-3-5-13-27/h6-11,14,22H,3-5,12-13,15-16H2,1-2H3/t22-/m0/s1. The van der Waals surface area contributed by atoms with Crippen LogP contribution in [0.2, 0.25) is 0 Å². The third kappa shape index (κ3) is 4.71. The Bertz CT molecular complexity index is 955. The van der Waals surface area contributed by atoms with Gasteiger partial charge in [0.15, 0.2) is 0 Å². The minimum absolute atomic E-state index is 0.0429. The van der Waals surface area contributed by atoms with E-state index in [0.717, 1.165) is 42.8 Å². The van der Waals surface area contributed by atoms with Gasteiger partial charge in [-0.15, -0.1) is 0 Å². The fourth-order valence-electron chi connectivity index (χ4n) is 4.27. The predicted molar refractivity (Wildman–Crippen MR) is 117 cm³/mol. The highest BCUT2D eigenvalue weighted by atomic mass is 19.1. The van der Waals surface area contributed by atoms with Gasteiger partial charge in [0, 0.05) is 18.1 Å². The summed E-state index contributed by atoms with van der Waals surface area (Å²) in [5, 5.41) is 6.30. The van der Waals surface area contributed by atoms with Crippen molar-refractivity contribution in [1.82, 2.24) is 9.91 Å². The van der Waals surface area contributed by atoms with Crippen LogP contribution in [0.5, 0.6) is 11.5 Å². The molecule has 0 unspecified atom stereocenters.